The van der Waals surface area contributed by atoms with Gasteiger partial charge in [0.15, 0.2) is 0 Å². The van der Waals surface area contributed by atoms with E-state index in [9.17, 15) is 18.5 Å². The third-order valence-electron chi connectivity index (χ3n) is 5.51. The van der Waals surface area contributed by atoms with Crippen LogP contribution < -0.4 is 4.90 Å². The Kier molecular flexibility index (Phi) is 5.83. The van der Waals surface area contributed by atoms with E-state index in [0.29, 0.717) is 31.1 Å². The quantitative estimate of drug-likeness (QED) is 0.609. The largest absolute Gasteiger partial charge is 0.327 e. The average molecular weight is 405 g/mol. The highest BCUT2D eigenvalue weighted by Crippen LogP contribution is 2.22. The van der Waals surface area contributed by atoms with Crippen molar-refractivity contribution in [3.05, 3.63) is 69.3 Å². The summed E-state index contributed by atoms with van der Waals surface area (Å²) in [4.78, 5) is 12.2. The molecule has 0 aromatic heterocycles. The van der Waals surface area contributed by atoms with E-state index in [4.69, 9.17) is 0 Å². The number of non-ortho nitro benzene ring substituents is 1. The van der Waals surface area contributed by atoms with Crippen molar-refractivity contribution in [2.75, 3.05) is 26.2 Å². The zero-order valence-corrected chi connectivity index (χ0v) is 17.2. The summed E-state index contributed by atoms with van der Waals surface area (Å²) in [6.07, 6.45) is 0. The number of aryl methyl sites for hydroxylation is 2. The molecule has 0 aliphatic carbocycles. The molecule has 0 radical (unpaired) electrons. The highest BCUT2D eigenvalue weighted by Gasteiger charge is 2.33. The Morgan fingerprint density at radius 3 is 2.39 bits per heavy atom. The lowest BCUT2D eigenvalue weighted by atomic mass is 10.1. The lowest BCUT2D eigenvalue weighted by Gasteiger charge is -2.35. The Hall–Kier alpha value is -2.29. The Morgan fingerprint density at radius 1 is 1.11 bits per heavy atom. The molecule has 2 aromatic rings. The Balaban J connectivity index is 1.71. The predicted molar refractivity (Wildman–Crippen MR) is 107 cm³/mol. The highest BCUT2D eigenvalue weighted by atomic mass is 32.2. The topological polar surface area (TPSA) is 85.0 Å². The predicted octanol–water partition coefficient (Wildman–Crippen LogP) is 1.86. The molecule has 0 saturated carbocycles. The second-order valence-electron chi connectivity index (χ2n) is 7.41. The number of nitrogens with one attached hydrogen (secondary N) is 1. The minimum absolute atomic E-state index is 0.0610. The van der Waals surface area contributed by atoms with Crippen molar-refractivity contribution in [2.24, 2.45) is 0 Å². The van der Waals surface area contributed by atoms with Crippen LogP contribution in [0.4, 0.5) is 5.69 Å². The van der Waals surface area contributed by atoms with E-state index in [-0.39, 0.29) is 16.7 Å². The maximum atomic E-state index is 13.0. The third-order valence-corrected chi connectivity index (χ3v) is 7.57. The zero-order valence-electron chi connectivity index (χ0n) is 16.4. The first-order valence-corrected chi connectivity index (χ1v) is 10.8. The number of hydrogen-bond acceptors (Lipinski definition) is 4. The fourth-order valence-corrected chi connectivity index (χ4v) is 5.47. The summed E-state index contributed by atoms with van der Waals surface area (Å²) in [5, 5.41) is 11.0. The molecule has 1 atom stereocenters. The number of quaternary nitrogens is 1. The molecule has 0 amide bonds. The SMILES string of the molecule is Cc1ccc(S(=O)(=O)N2CC[NH+]([C@H](C)c3cccc([N+](=O)[O-])c3)CC2)c(C)c1. The molecule has 0 bridgehead atoms. The smallest absolute Gasteiger partial charge is 0.269 e. The summed E-state index contributed by atoms with van der Waals surface area (Å²) >= 11 is 0. The van der Waals surface area contributed by atoms with Gasteiger partial charge in [-0.05, 0) is 32.4 Å². The third kappa shape index (κ3) is 4.09. The fourth-order valence-electron chi connectivity index (χ4n) is 3.82. The van der Waals surface area contributed by atoms with Crippen molar-refractivity contribution in [1.82, 2.24) is 4.31 Å². The van der Waals surface area contributed by atoms with Gasteiger partial charge in [0.1, 0.15) is 6.04 Å². The number of nitro groups is 1. The summed E-state index contributed by atoms with van der Waals surface area (Å²) in [7, 11) is -3.51. The van der Waals surface area contributed by atoms with Gasteiger partial charge >= 0.3 is 0 Å². The van der Waals surface area contributed by atoms with Crippen molar-refractivity contribution in [1.29, 1.82) is 0 Å². The number of piperazine rings is 1. The number of sulfonamides is 1. The van der Waals surface area contributed by atoms with E-state index in [0.717, 1.165) is 16.7 Å². The molecular formula is C20H26N3O4S+. The molecule has 1 fully saturated rings. The van der Waals surface area contributed by atoms with Crippen molar-refractivity contribution >= 4 is 15.7 Å². The summed E-state index contributed by atoms with van der Waals surface area (Å²) < 4.78 is 27.6. The molecule has 1 aliphatic heterocycles. The van der Waals surface area contributed by atoms with E-state index in [1.807, 2.05) is 39.0 Å². The minimum atomic E-state index is -3.51. The molecule has 1 aliphatic rings. The molecule has 1 heterocycles. The van der Waals surface area contributed by atoms with Crippen LogP contribution in [-0.4, -0.2) is 43.8 Å². The van der Waals surface area contributed by atoms with E-state index in [1.54, 1.807) is 22.5 Å². The van der Waals surface area contributed by atoms with Gasteiger partial charge < -0.3 is 4.90 Å². The van der Waals surface area contributed by atoms with Crippen LogP contribution in [-0.2, 0) is 10.0 Å². The number of hydrogen-bond donors (Lipinski definition) is 1. The second-order valence-corrected chi connectivity index (χ2v) is 9.31. The van der Waals surface area contributed by atoms with Crippen LogP contribution in [0.3, 0.4) is 0 Å². The van der Waals surface area contributed by atoms with Gasteiger partial charge in [-0.3, -0.25) is 10.1 Å². The van der Waals surface area contributed by atoms with Gasteiger partial charge in [0.25, 0.3) is 5.69 Å². The van der Waals surface area contributed by atoms with Gasteiger partial charge in [0.05, 0.1) is 36.0 Å². The number of benzene rings is 2. The molecule has 150 valence electrons. The number of nitro benzene ring substituents is 1. The maximum absolute atomic E-state index is 13.0. The van der Waals surface area contributed by atoms with Crippen molar-refractivity contribution in [2.45, 2.75) is 31.7 Å². The van der Waals surface area contributed by atoms with Gasteiger partial charge in [-0.15, -0.1) is 0 Å². The Bertz CT molecular complexity index is 983. The summed E-state index contributed by atoms with van der Waals surface area (Å²) in [5.74, 6) is 0. The van der Waals surface area contributed by atoms with Gasteiger partial charge in [-0.2, -0.15) is 4.31 Å². The first kappa shape index (κ1) is 20.4. The molecule has 28 heavy (non-hydrogen) atoms. The Labute approximate surface area is 165 Å². The monoisotopic (exact) mass is 404 g/mol. The highest BCUT2D eigenvalue weighted by molar-refractivity contribution is 7.89. The molecule has 7 nitrogen and oxygen atoms in total. The summed E-state index contributed by atoms with van der Waals surface area (Å²) in [6.45, 7) is 7.99. The maximum Gasteiger partial charge on any atom is 0.269 e. The molecule has 1 N–H and O–H groups in total. The standard InChI is InChI=1S/C20H25N3O4S/c1-15-7-8-20(16(2)13-15)28(26,27)22-11-9-21(10-12-22)17(3)18-5-4-6-19(14-18)23(24)25/h4-8,13-14,17H,9-12H2,1-3H3/p+1/t17-/m1/s1. The van der Waals surface area contributed by atoms with E-state index < -0.39 is 10.0 Å². The van der Waals surface area contributed by atoms with E-state index >= 15 is 0 Å². The van der Waals surface area contributed by atoms with Crippen molar-refractivity contribution in [3.8, 4) is 0 Å². The molecule has 0 unspecified atom stereocenters. The Morgan fingerprint density at radius 2 is 1.79 bits per heavy atom. The second kappa shape index (κ2) is 7.98. The average Bonchev–Trinajstić information content (AvgIpc) is 2.67. The zero-order chi connectivity index (χ0) is 20.5. The van der Waals surface area contributed by atoms with Gasteiger partial charge in [-0.1, -0.05) is 29.8 Å². The minimum Gasteiger partial charge on any atom is -0.327 e. The lowest BCUT2D eigenvalue weighted by molar-refractivity contribution is -0.933. The van der Waals surface area contributed by atoms with Crippen molar-refractivity contribution < 1.29 is 18.2 Å². The van der Waals surface area contributed by atoms with Crippen LogP contribution in [0.15, 0.2) is 47.4 Å². The van der Waals surface area contributed by atoms with Crippen LogP contribution >= 0.6 is 0 Å². The van der Waals surface area contributed by atoms with Gasteiger partial charge in [0, 0.05) is 17.7 Å². The van der Waals surface area contributed by atoms with Gasteiger partial charge in [0.2, 0.25) is 10.0 Å². The number of nitrogens with zero attached hydrogens (tertiary/aromatic N) is 2. The molecule has 1 saturated heterocycles. The fraction of sp³-hybridized carbons (Fsp3) is 0.400. The summed E-state index contributed by atoms with van der Waals surface area (Å²) in [5.41, 5.74) is 2.78. The van der Waals surface area contributed by atoms with Gasteiger partial charge in [-0.25, -0.2) is 8.42 Å². The van der Waals surface area contributed by atoms with Crippen LogP contribution in [0, 0.1) is 24.0 Å². The van der Waals surface area contributed by atoms with Crippen molar-refractivity contribution in [3.63, 3.8) is 0 Å². The van der Waals surface area contributed by atoms with E-state index in [1.165, 1.54) is 11.0 Å². The van der Waals surface area contributed by atoms with Crippen LogP contribution in [0.1, 0.15) is 29.7 Å². The number of rotatable bonds is 5. The lowest BCUT2D eigenvalue weighted by Crippen LogP contribution is -3.14. The van der Waals surface area contributed by atoms with E-state index in [2.05, 4.69) is 0 Å². The van der Waals surface area contributed by atoms with Crippen LogP contribution in [0.2, 0.25) is 0 Å². The molecule has 8 heteroatoms. The first-order chi connectivity index (χ1) is 13.2. The molecule has 0 spiro atoms. The normalized spacial score (nSPS) is 17.4. The summed E-state index contributed by atoms with van der Waals surface area (Å²) in [6, 6.07) is 12.1. The molecular weight excluding hydrogens is 378 g/mol. The van der Waals surface area contributed by atoms with Crippen LogP contribution in [0.5, 0.6) is 0 Å². The first-order valence-electron chi connectivity index (χ1n) is 9.36. The van der Waals surface area contributed by atoms with Crippen LogP contribution in [0.25, 0.3) is 0 Å². The molecule has 2 aromatic carbocycles. The molecule has 3 rings (SSSR count).